The molecule has 0 unspecified atom stereocenters. The van der Waals surface area contributed by atoms with Crippen LogP contribution in [0.25, 0.3) is 6.08 Å². The predicted octanol–water partition coefficient (Wildman–Crippen LogP) is 3.89. The quantitative estimate of drug-likeness (QED) is 0.296. The van der Waals surface area contributed by atoms with Crippen LogP contribution in [0.3, 0.4) is 0 Å². The number of methoxy groups -OCH3 is 1. The van der Waals surface area contributed by atoms with Crippen molar-refractivity contribution in [1.82, 2.24) is 4.90 Å². The molecule has 9 heteroatoms. The van der Waals surface area contributed by atoms with Gasteiger partial charge in [0.05, 0.1) is 21.7 Å². The summed E-state index contributed by atoms with van der Waals surface area (Å²) in [7, 11) is 1.55. The van der Waals surface area contributed by atoms with E-state index in [2.05, 4.69) is 45.2 Å². The largest absolute Gasteiger partial charge is 0.495 e. The van der Waals surface area contributed by atoms with Crippen LogP contribution in [-0.4, -0.2) is 41.8 Å². The average molecular weight is 587 g/mol. The molecule has 134 valence electrons. The normalized spacial score (nSPS) is 16.1. The van der Waals surface area contributed by atoms with Crippen molar-refractivity contribution in [2.24, 2.45) is 0 Å². The lowest BCUT2D eigenvalue weighted by Gasteiger charge is -2.13. The van der Waals surface area contributed by atoms with E-state index in [1.807, 2.05) is 12.1 Å². The van der Waals surface area contributed by atoms with Crippen LogP contribution in [0, 0.1) is 7.14 Å². The molecule has 0 aromatic heterocycles. The van der Waals surface area contributed by atoms with Gasteiger partial charge in [0, 0.05) is 9.13 Å². The Kier molecular flexibility index (Phi) is 7.14. The van der Waals surface area contributed by atoms with E-state index in [-0.39, 0.29) is 17.6 Å². The Hall–Kier alpha value is -0.820. The first-order chi connectivity index (χ1) is 11.7. The van der Waals surface area contributed by atoms with Gasteiger partial charge >= 0.3 is 5.97 Å². The van der Waals surface area contributed by atoms with E-state index in [9.17, 15) is 14.4 Å². The first-order valence-electron chi connectivity index (χ1n) is 7.20. The van der Waals surface area contributed by atoms with Gasteiger partial charge in [0.15, 0.2) is 0 Å². The van der Waals surface area contributed by atoms with Crippen molar-refractivity contribution in [1.29, 1.82) is 0 Å². The number of imide groups is 1. The summed E-state index contributed by atoms with van der Waals surface area (Å²) in [5.74, 6) is -0.487. The van der Waals surface area contributed by atoms with Gasteiger partial charge in [-0.25, -0.2) is 0 Å². The number of carbonyl (C=O) groups is 3. The summed E-state index contributed by atoms with van der Waals surface area (Å²) in [6.07, 6.45) is 1.31. The standard InChI is InChI=1S/C16H15I2NO5S/c1-8(2)24-13(20)7-19-15(21)12(25-16(19)22)5-9-4-10(17)6-11(18)14(9)23-3/h4-6,8H,7H2,1-3H3/b12-5-. The SMILES string of the molecule is COc1c(I)cc(I)cc1/C=C1\SC(=O)N(CC(=O)OC(C)C)C1=O. The van der Waals surface area contributed by atoms with Crippen LogP contribution in [0.1, 0.15) is 19.4 Å². The smallest absolute Gasteiger partial charge is 0.326 e. The first-order valence-corrected chi connectivity index (χ1v) is 10.2. The van der Waals surface area contributed by atoms with Crippen molar-refractivity contribution in [3.05, 3.63) is 29.7 Å². The molecule has 0 spiro atoms. The second-order valence-corrected chi connectivity index (χ2v) is 8.72. The molecule has 0 atom stereocenters. The van der Waals surface area contributed by atoms with Gasteiger partial charge in [-0.1, -0.05) is 0 Å². The zero-order valence-corrected chi connectivity index (χ0v) is 18.8. The Morgan fingerprint density at radius 2 is 2.00 bits per heavy atom. The molecule has 0 saturated carbocycles. The zero-order chi connectivity index (χ0) is 18.7. The fourth-order valence-corrected chi connectivity index (χ4v) is 5.05. The van der Waals surface area contributed by atoms with Gasteiger partial charge in [-0.15, -0.1) is 0 Å². The highest BCUT2D eigenvalue weighted by Gasteiger charge is 2.37. The van der Waals surface area contributed by atoms with Gasteiger partial charge in [-0.05, 0) is 89.0 Å². The molecule has 0 aliphatic carbocycles. The van der Waals surface area contributed by atoms with Crippen LogP contribution in [0.2, 0.25) is 0 Å². The third-order valence-corrected chi connectivity index (χ3v) is 5.39. The third kappa shape index (κ3) is 5.09. The summed E-state index contributed by atoms with van der Waals surface area (Å²) in [6.45, 7) is 3.02. The number of carbonyl (C=O) groups excluding carboxylic acids is 3. The van der Waals surface area contributed by atoms with Crippen molar-refractivity contribution < 1.29 is 23.9 Å². The summed E-state index contributed by atoms with van der Waals surface area (Å²) in [4.78, 5) is 37.4. The lowest BCUT2D eigenvalue weighted by Crippen LogP contribution is -2.35. The summed E-state index contributed by atoms with van der Waals surface area (Å²) in [5.41, 5.74) is 0.703. The first kappa shape index (κ1) is 20.5. The monoisotopic (exact) mass is 587 g/mol. The predicted molar refractivity (Wildman–Crippen MR) is 112 cm³/mol. The van der Waals surface area contributed by atoms with Gasteiger partial charge < -0.3 is 9.47 Å². The lowest BCUT2D eigenvalue weighted by atomic mass is 10.2. The Morgan fingerprint density at radius 1 is 1.32 bits per heavy atom. The third-order valence-electron chi connectivity index (χ3n) is 3.06. The number of nitrogens with zero attached hydrogens (tertiary/aromatic N) is 1. The van der Waals surface area contributed by atoms with Crippen LogP contribution in [0.4, 0.5) is 4.79 Å². The number of amides is 2. The highest BCUT2D eigenvalue weighted by Crippen LogP contribution is 2.36. The topological polar surface area (TPSA) is 72.9 Å². The van der Waals surface area contributed by atoms with Crippen molar-refractivity contribution in [3.8, 4) is 5.75 Å². The molecule has 25 heavy (non-hydrogen) atoms. The van der Waals surface area contributed by atoms with Gasteiger partial charge in [-0.2, -0.15) is 0 Å². The van der Waals surface area contributed by atoms with Gasteiger partial charge in [0.25, 0.3) is 11.1 Å². The maximum atomic E-state index is 12.5. The second-order valence-electron chi connectivity index (χ2n) is 5.32. The van der Waals surface area contributed by atoms with E-state index in [1.54, 1.807) is 27.0 Å². The summed E-state index contributed by atoms with van der Waals surface area (Å²) >= 11 is 5.12. The van der Waals surface area contributed by atoms with Crippen LogP contribution in [0.15, 0.2) is 17.0 Å². The van der Waals surface area contributed by atoms with E-state index < -0.39 is 17.1 Å². The number of benzene rings is 1. The molecule has 2 rings (SSSR count). The van der Waals surface area contributed by atoms with Crippen molar-refractivity contribution in [3.63, 3.8) is 0 Å². The molecular weight excluding hydrogens is 572 g/mol. The molecule has 2 amide bonds. The number of hydrogen-bond donors (Lipinski definition) is 0. The highest BCUT2D eigenvalue weighted by atomic mass is 127. The molecule has 1 aliphatic heterocycles. The van der Waals surface area contributed by atoms with E-state index >= 15 is 0 Å². The van der Waals surface area contributed by atoms with E-state index in [0.717, 1.165) is 23.8 Å². The number of thioether (sulfide) groups is 1. The lowest BCUT2D eigenvalue weighted by molar-refractivity contribution is -0.149. The minimum Gasteiger partial charge on any atom is -0.495 e. The van der Waals surface area contributed by atoms with Crippen LogP contribution < -0.4 is 4.74 Å². The molecule has 0 radical (unpaired) electrons. The number of halogens is 2. The number of rotatable bonds is 5. The van der Waals surface area contributed by atoms with Crippen LogP contribution in [0.5, 0.6) is 5.75 Å². The molecule has 1 aliphatic rings. The van der Waals surface area contributed by atoms with Crippen molar-refractivity contribution in [2.75, 3.05) is 13.7 Å². The molecule has 0 N–H and O–H groups in total. The van der Waals surface area contributed by atoms with E-state index in [4.69, 9.17) is 9.47 Å². The molecule has 0 bridgehead atoms. The van der Waals surface area contributed by atoms with Crippen molar-refractivity contribution >= 4 is 80.1 Å². The summed E-state index contributed by atoms with van der Waals surface area (Å²) < 4.78 is 12.3. The molecule has 1 aromatic rings. The van der Waals surface area contributed by atoms with Gasteiger partial charge in [0.2, 0.25) is 0 Å². The molecule has 1 heterocycles. The van der Waals surface area contributed by atoms with E-state index in [0.29, 0.717) is 11.3 Å². The summed E-state index contributed by atoms with van der Waals surface area (Å²) in [5, 5.41) is -0.490. The van der Waals surface area contributed by atoms with Crippen LogP contribution >= 0.6 is 56.9 Å². The number of hydrogen-bond acceptors (Lipinski definition) is 6. The number of esters is 1. The molecule has 1 fully saturated rings. The number of ether oxygens (including phenoxy) is 2. The Labute approximate surface area is 177 Å². The van der Waals surface area contributed by atoms with Crippen molar-refractivity contribution in [2.45, 2.75) is 20.0 Å². The fourth-order valence-electron chi connectivity index (χ4n) is 2.11. The Bertz CT molecular complexity index is 763. The molecule has 1 aromatic carbocycles. The highest BCUT2D eigenvalue weighted by molar-refractivity contribution is 14.1. The minimum atomic E-state index is -0.611. The maximum Gasteiger partial charge on any atom is 0.326 e. The summed E-state index contributed by atoms with van der Waals surface area (Å²) in [6, 6.07) is 3.81. The Balaban J connectivity index is 2.28. The molecule has 1 saturated heterocycles. The van der Waals surface area contributed by atoms with Gasteiger partial charge in [-0.3, -0.25) is 19.3 Å². The molecular formula is C16H15I2NO5S. The average Bonchev–Trinajstić information content (AvgIpc) is 2.73. The minimum absolute atomic E-state index is 0.249. The van der Waals surface area contributed by atoms with E-state index in [1.165, 1.54) is 0 Å². The van der Waals surface area contributed by atoms with Gasteiger partial charge in [0.1, 0.15) is 12.3 Å². The van der Waals surface area contributed by atoms with Crippen LogP contribution in [-0.2, 0) is 14.3 Å². The molecule has 6 nitrogen and oxygen atoms in total. The maximum absolute atomic E-state index is 12.5. The Morgan fingerprint density at radius 3 is 2.60 bits per heavy atom. The second kappa shape index (κ2) is 8.71. The zero-order valence-electron chi connectivity index (χ0n) is 13.7. The fraction of sp³-hybridized carbons (Fsp3) is 0.312.